The summed E-state index contributed by atoms with van der Waals surface area (Å²) in [6, 6.07) is -0.333. The quantitative estimate of drug-likeness (QED) is 0.401. The van der Waals surface area contributed by atoms with Crippen LogP contribution >= 0.6 is 0 Å². The highest BCUT2D eigenvalue weighted by molar-refractivity contribution is 6.74. The van der Waals surface area contributed by atoms with E-state index in [9.17, 15) is 4.79 Å². The lowest BCUT2D eigenvalue weighted by molar-refractivity contribution is -0.113. The molecule has 0 radical (unpaired) electrons. The lowest BCUT2D eigenvalue weighted by Gasteiger charge is -2.08. The highest BCUT2D eigenvalue weighted by Crippen LogP contribution is 1.94. The zero-order chi connectivity index (χ0) is 9.40. The molecular formula is C7H18BN3O. The first kappa shape index (κ1) is 11.6. The minimum absolute atomic E-state index is 0.105. The number of rotatable bonds is 7. The summed E-state index contributed by atoms with van der Waals surface area (Å²) in [7, 11) is 0.502. The van der Waals surface area contributed by atoms with Crippen LogP contribution in [0.5, 0.6) is 0 Å². The van der Waals surface area contributed by atoms with Crippen LogP contribution in [-0.2, 0) is 4.79 Å². The van der Waals surface area contributed by atoms with Crippen LogP contribution in [0, 0.1) is 0 Å². The van der Waals surface area contributed by atoms with Crippen molar-refractivity contribution in [3.05, 3.63) is 0 Å². The van der Waals surface area contributed by atoms with E-state index in [2.05, 4.69) is 0 Å². The summed E-state index contributed by atoms with van der Waals surface area (Å²) in [6.07, 6.45) is 2.24. The van der Waals surface area contributed by atoms with E-state index in [-0.39, 0.29) is 11.7 Å². The van der Waals surface area contributed by atoms with Gasteiger partial charge in [-0.3, -0.25) is 0 Å². The molecule has 0 aromatic rings. The molecule has 0 amide bonds. The molecule has 0 aliphatic heterocycles. The van der Waals surface area contributed by atoms with Crippen LogP contribution in [0.15, 0.2) is 0 Å². The summed E-state index contributed by atoms with van der Waals surface area (Å²) in [6.45, 7) is 1.15. The van der Waals surface area contributed by atoms with Crippen molar-refractivity contribution < 1.29 is 4.79 Å². The van der Waals surface area contributed by atoms with Crippen molar-refractivity contribution in [3.8, 4) is 0 Å². The Morgan fingerprint density at radius 3 is 2.50 bits per heavy atom. The molecule has 1 atom stereocenters. The van der Waals surface area contributed by atoms with Crippen molar-refractivity contribution in [3.63, 3.8) is 0 Å². The molecule has 0 fully saturated rings. The molecular weight excluding hydrogens is 153 g/mol. The summed E-state index contributed by atoms with van der Waals surface area (Å²) >= 11 is 0. The molecule has 12 heavy (non-hydrogen) atoms. The van der Waals surface area contributed by atoms with Crippen molar-refractivity contribution in [1.82, 2.24) is 0 Å². The fraction of sp³-hybridized carbons (Fsp3) is 0.857. The van der Waals surface area contributed by atoms with Gasteiger partial charge in [-0.25, -0.2) is 0 Å². The summed E-state index contributed by atoms with van der Waals surface area (Å²) in [5.74, 6) is 0. The monoisotopic (exact) mass is 171 g/mol. The van der Waals surface area contributed by atoms with Gasteiger partial charge in [-0.2, -0.15) is 0 Å². The normalized spacial score (nSPS) is 12.6. The maximum absolute atomic E-state index is 11.2. The predicted octanol–water partition coefficient (Wildman–Crippen LogP) is -1.61. The lowest BCUT2D eigenvalue weighted by Crippen LogP contribution is -2.35. The Morgan fingerprint density at radius 1 is 1.33 bits per heavy atom. The van der Waals surface area contributed by atoms with Gasteiger partial charge in [0.15, 0.2) is 0 Å². The van der Waals surface area contributed by atoms with Crippen LogP contribution in [0.25, 0.3) is 0 Å². The minimum Gasteiger partial charge on any atom is -0.331 e. The van der Waals surface area contributed by atoms with Crippen LogP contribution < -0.4 is 17.2 Å². The molecule has 0 aliphatic rings. The Morgan fingerprint density at radius 2 is 2.00 bits per heavy atom. The van der Waals surface area contributed by atoms with Crippen molar-refractivity contribution in [2.75, 3.05) is 13.1 Å². The maximum Gasteiger partial charge on any atom is 0.208 e. The third-order valence-corrected chi connectivity index (χ3v) is 1.76. The van der Waals surface area contributed by atoms with E-state index in [4.69, 9.17) is 17.2 Å². The van der Waals surface area contributed by atoms with E-state index in [1.165, 1.54) is 0 Å². The van der Waals surface area contributed by atoms with E-state index in [1.807, 2.05) is 0 Å². The first-order valence-electron chi connectivity index (χ1n) is 4.40. The molecule has 0 aromatic heterocycles. The first-order chi connectivity index (χ1) is 5.72. The lowest BCUT2D eigenvalue weighted by atomic mass is 9.67. The second-order valence-electron chi connectivity index (χ2n) is 2.90. The molecule has 1 unspecified atom stereocenters. The SMILES string of the molecule is NCCBC(=O)C(N)CCCN. The van der Waals surface area contributed by atoms with E-state index in [0.717, 1.165) is 12.7 Å². The zero-order valence-corrected chi connectivity index (χ0v) is 7.46. The predicted molar refractivity (Wildman–Crippen MR) is 52.3 cm³/mol. The molecule has 0 bridgehead atoms. The number of nitrogens with two attached hydrogens (primary N) is 3. The van der Waals surface area contributed by atoms with E-state index in [1.54, 1.807) is 0 Å². The van der Waals surface area contributed by atoms with Crippen LogP contribution in [0.1, 0.15) is 12.8 Å². The number of carbonyl (C=O) groups excluding carboxylic acids is 1. The van der Waals surface area contributed by atoms with Crippen LogP contribution in [0.2, 0.25) is 6.32 Å². The average molecular weight is 171 g/mol. The summed E-state index contributed by atoms with van der Waals surface area (Å²) in [5, 5.41) is 0. The highest BCUT2D eigenvalue weighted by Gasteiger charge is 2.12. The molecule has 0 aliphatic carbocycles. The van der Waals surface area contributed by atoms with Gasteiger partial charge in [-0.05, 0) is 25.9 Å². The Bertz CT molecular complexity index is 132. The average Bonchev–Trinajstić information content (AvgIpc) is 2.10. The van der Waals surface area contributed by atoms with Crippen molar-refractivity contribution in [2.45, 2.75) is 25.2 Å². The fourth-order valence-corrected chi connectivity index (χ4v) is 0.960. The van der Waals surface area contributed by atoms with Gasteiger partial charge in [-0.1, -0.05) is 6.32 Å². The summed E-state index contributed by atoms with van der Waals surface area (Å²) in [4.78, 5) is 11.2. The number of hydrogen-bond acceptors (Lipinski definition) is 4. The van der Waals surface area contributed by atoms with Crippen molar-refractivity contribution in [2.24, 2.45) is 17.2 Å². The third-order valence-electron chi connectivity index (χ3n) is 1.76. The van der Waals surface area contributed by atoms with Crippen molar-refractivity contribution >= 4 is 13.0 Å². The highest BCUT2D eigenvalue weighted by atomic mass is 16.1. The standard InChI is InChI=1S/C7H18BN3O/c9-4-1-2-6(11)7(12)8-3-5-10/h6,8H,1-5,9-11H2. The number of carbonyl (C=O) groups is 1. The summed E-state index contributed by atoms with van der Waals surface area (Å²) < 4.78 is 0. The van der Waals surface area contributed by atoms with Crippen LogP contribution in [-0.4, -0.2) is 32.1 Å². The zero-order valence-electron chi connectivity index (χ0n) is 7.46. The van der Waals surface area contributed by atoms with Gasteiger partial charge in [0.25, 0.3) is 0 Å². The molecule has 0 saturated heterocycles. The van der Waals surface area contributed by atoms with Gasteiger partial charge in [0.2, 0.25) is 7.28 Å². The van der Waals surface area contributed by atoms with E-state index < -0.39 is 0 Å². The molecule has 6 N–H and O–H groups in total. The van der Waals surface area contributed by atoms with E-state index >= 15 is 0 Å². The Hall–Kier alpha value is -0.385. The summed E-state index contributed by atoms with van der Waals surface area (Å²) in [5.41, 5.74) is 16.3. The minimum atomic E-state index is -0.333. The van der Waals surface area contributed by atoms with Gasteiger partial charge in [0.05, 0.1) is 6.04 Å². The van der Waals surface area contributed by atoms with Crippen LogP contribution in [0.4, 0.5) is 0 Å². The second-order valence-corrected chi connectivity index (χ2v) is 2.90. The van der Waals surface area contributed by atoms with Gasteiger partial charge in [0, 0.05) is 0 Å². The molecule has 0 rings (SSSR count). The maximum atomic E-state index is 11.2. The molecule has 4 nitrogen and oxygen atoms in total. The van der Waals surface area contributed by atoms with Crippen molar-refractivity contribution in [1.29, 1.82) is 0 Å². The van der Waals surface area contributed by atoms with Gasteiger partial charge in [0.1, 0.15) is 5.68 Å². The second kappa shape index (κ2) is 7.27. The first-order valence-corrected chi connectivity index (χ1v) is 4.40. The Balaban J connectivity index is 3.47. The number of hydrogen-bond donors (Lipinski definition) is 3. The molecule has 70 valence electrons. The molecule has 0 heterocycles. The third kappa shape index (κ3) is 5.29. The van der Waals surface area contributed by atoms with E-state index in [0.29, 0.717) is 26.8 Å². The smallest absolute Gasteiger partial charge is 0.208 e. The molecule has 0 aromatic carbocycles. The van der Waals surface area contributed by atoms with Gasteiger partial charge < -0.3 is 22.0 Å². The molecule has 0 saturated carbocycles. The Kier molecular flexibility index (Phi) is 7.04. The fourth-order valence-electron chi connectivity index (χ4n) is 0.960. The largest absolute Gasteiger partial charge is 0.331 e. The van der Waals surface area contributed by atoms with Crippen LogP contribution in [0.3, 0.4) is 0 Å². The molecule has 0 spiro atoms. The van der Waals surface area contributed by atoms with Gasteiger partial charge in [-0.15, -0.1) is 0 Å². The van der Waals surface area contributed by atoms with Gasteiger partial charge >= 0.3 is 0 Å². The Labute approximate surface area is 74.1 Å². The molecule has 5 heteroatoms. The topological polar surface area (TPSA) is 95.1 Å².